The molecule has 0 aromatic heterocycles. The van der Waals surface area contributed by atoms with Crippen LogP contribution < -0.4 is 0 Å². The number of ether oxygens (including phenoxy) is 1. The summed E-state index contributed by atoms with van der Waals surface area (Å²) in [4.78, 5) is 30.8. The van der Waals surface area contributed by atoms with Gasteiger partial charge in [-0.1, -0.05) is 17.7 Å². The molecule has 148 valence electrons. The lowest BCUT2D eigenvalue weighted by atomic mass is 10.1. The molecule has 2 amide bonds. The molecule has 2 fully saturated rings. The van der Waals surface area contributed by atoms with Gasteiger partial charge in [0, 0.05) is 57.0 Å². The first-order valence-corrected chi connectivity index (χ1v) is 9.61. The van der Waals surface area contributed by atoms with Gasteiger partial charge in [-0.15, -0.1) is 0 Å². The molecule has 2 aliphatic rings. The van der Waals surface area contributed by atoms with Gasteiger partial charge in [0.05, 0.1) is 19.1 Å². The smallest absolute Gasteiger partial charge is 0.240 e. The van der Waals surface area contributed by atoms with Crippen LogP contribution in [0.3, 0.4) is 0 Å². The maximum atomic E-state index is 13.9. The van der Waals surface area contributed by atoms with E-state index in [9.17, 15) is 14.0 Å². The summed E-state index contributed by atoms with van der Waals surface area (Å²) >= 11 is 6.02. The molecule has 2 heterocycles. The van der Waals surface area contributed by atoms with Gasteiger partial charge >= 0.3 is 0 Å². The van der Waals surface area contributed by atoms with E-state index < -0.39 is 5.82 Å². The molecular formula is C19H25ClFN3O3. The Morgan fingerprint density at radius 3 is 2.67 bits per heavy atom. The number of carbonyl (C=O) groups excluding carboxylic acids is 2. The number of likely N-dealkylation sites (tertiary alicyclic amines) is 1. The van der Waals surface area contributed by atoms with E-state index in [4.69, 9.17) is 16.3 Å². The van der Waals surface area contributed by atoms with Crippen LogP contribution in [0, 0.1) is 5.82 Å². The highest BCUT2D eigenvalue weighted by molar-refractivity contribution is 6.31. The minimum absolute atomic E-state index is 0.0430. The van der Waals surface area contributed by atoms with Crippen molar-refractivity contribution in [3.05, 3.63) is 34.6 Å². The molecule has 6 nitrogen and oxygen atoms in total. The summed E-state index contributed by atoms with van der Waals surface area (Å²) in [6.07, 6.45) is 0.764. The Labute approximate surface area is 163 Å². The number of halogens is 2. The standard InChI is InChI=1S/C19H25ClFN3O3/c1-27-12-11-24-6-5-17(19(24)26)22-7-9-23(10-8-22)18(25)13-14-15(20)3-2-4-16(14)21/h2-4,17H,5-13H2,1H3. The van der Waals surface area contributed by atoms with Crippen molar-refractivity contribution in [2.45, 2.75) is 18.9 Å². The molecule has 0 saturated carbocycles. The van der Waals surface area contributed by atoms with Crippen LogP contribution >= 0.6 is 11.6 Å². The topological polar surface area (TPSA) is 53.1 Å². The van der Waals surface area contributed by atoms with Crippen LogP contribution in [-0.4, -0.2) is 85.5 Å². The average Bonchev–Trinajstić information content (AvgIpc) is 3.03. The number of nitrogens with zero attached hydrogens (tertiary/aromatic N) is 3. The summed E-state index contributed by atoms with van der Waals surface area (Å²) in [6.45, 7) is 4.26. The van der Waals surface area contributed by atoms with E-state index in [0.717, 1.165) is 13.0 Å². The molecule has 0 spiro atoms. The lowest BCUT2D eigenvalue weighted by Crippen LogP contribution is -2.54. The minimum atomic E-state index is -0.456. The number of carbonyl (C=O) groups is 2. The second-order valence-electron chi connectivity index (χ2n) is 6.92. The molecule has 3 rings (SSSR count). The lowest BCUT2D eigenvalue weighted by molar-refractivity contribution is -0.135. The van der Waals surface area contributed by atoms with Gasteiger partial charge in [0.25, 0.3) is 0 Å². The molecular weight excluding hydrogens is 373 g/mol. The largest absolute Gasteiger partial charge is 0.383 e. The van der Waals surface area contributed by atoms with E-state index in [0.29, 0.717) is 39.3 Å². The van der Waals surface area contributed by atoms with Crippen LogP contribution in [0.1, 0.15) is 12.0 Å². The van der Waals surface area contributed by atoms with E-state index in [1.807, 2.05) is 4.90 Å². The van der Waals surface area contributed by atoms with Gasteiger partial charge in [0.15, 0.2) is 0 Å². The third kappa shape index (κ3) is 4.59. The quantitative estimate of drug-likeness (QED) is 0.728. The van der Waals surface area contributed by atoms with Crippen molar-refractivity contribution in [1.29, 1.82) is 0 Å². The van der Waals surface area contributed by atoms with E-state index >= 15 is 0 Å². The summed E-state index contributed by atoms with van der Waals surface area (Å²) in [5.74, 6) is -0.451. The first kappa shape index (κ1) is 20.0. The monoisotopic (exact) mass is 397 g/mol. The highest BCUT2D eigenvalue weighted by Gasteiger charge is 2.37. The second kappa shape index (κ2) is 8.99. The van der Waals surface area contributed by atoms with Crippen LogP contribution in [0.25, 0.3) is 0 Å². The summed E-state index contributed by atoms with van der Waals surface area (Å²) in [5, 5.41) is 0.273. The molecule has 0 aliphatic carbocycles. The van der Waals surface area contributed by atoms with Crippen LogP contribution in [0.5, 0.6) is 0 Å². The summed E-state index contributed by atoms with van der Waals surface area (Å²) in [5.41, 5.74) is 0.242. The highest BCUT2D eigenvalue weighted by Crippen LogP contribution is 2.22. The zero-order valence-corrected chi connectivity index (χ0v) is 16.3. The van der Waals surface area contributed by atoms with Crippen molar-refractivity contribution < 1.29 is 18.7 Å². The fourth-order valence-corrected chi connectivity index (χ4v) is 3.96. The maximum absolute atomic E-state index is 13.9. The van der Waals surface area contributed by atoms with E-state index in [1.54, 1.807) is 18.1 Å². The molecule has 8 heteroatoms. The third-order valence-corrected chi connectivity index (χ3v) is 5.69. The minimum Gasteiger partial charge on any atom is -0.383 e. The Balaban J connectivity index is 1.52. The number of benzene rings is 1. The Bertz CT molecular complexity index is 675. The Morgan fingerprint density at radius 2 is 2.00 bits per heavy atom. The number of hydrogen-bond acceptors (Lipinski definition) is 4. The number of hydrogen-bond donors (Lipinski definition) is 0. The van der Waals surface area contributed by atoms with Crippen LogP contribution in [-0.2, 0) is 20.7 Å². The van der Waals surface area contributed by atoms with E-state index in [2.05, 4.69) is 4.90 Å². The van der Waals surface area contributed by atoms with Gasteiger partial charge in [0.2, 0.25) is 11.8 Å². The number of rotatable bonds is 6. The van der Waals surface area contributed by atoms with E-state index in [1.165, 1.54) is 12.1 Å². The van der Waals surface area contributed by atoms with Crippen molar-refractivity contribution in [2.75, 3.05) is 53.0 Å². The Morgan fingerprint density at radius 1 is 1.26 bits per heavy atom. The zero-order chi connectivity index (χ0) is 19.4. The molecule has 0 bridgehead atoms. The summed E-state index contributed by atoms with van der Waals surface area (Å²) in [6, 6.07) is 4.32. The van der Waals surface area contributed by atoms with Gasteiger partial charge in [-0.25, -0.2) is 4.39 Å². The molecule has 2 aliphatic heterocycles. The fraction of sp³-hybridized carbons (Fsp3) is 0.579. The van der Waals surface area contributed by atoms with Gasteiger partial charge in [0.1, 0.15) is 5.82 Å². The summed E-state index contributed by atoms with van der Waals surface area (Å²) in [7, 11) is 1.63. The first-order valence-electron chi connectivity index (χ1n) is 9.23. The molecule has 27 heavy (non-hydrogen) atoms. The van der Waals surface area contributed by atoms with Crippen LogP contribution in [0.2, 0.25) is 5.02 Å². The zero-order valence-electron chi connectivity index (χ0n) is 15.5. The average molecular weight is 398 g/mol. The predicted octanol–water partition coefficient (Wildman–Crippen LogP) is 1.41. The van der Waals surface area contributed by atoms with Gasteiger partial charge in [-0.2, -0.15) is 0 Å². The Hall–Kier alpha value is -1.70. The first-order chi connectivity index (χ1) is 13.0. The van der Waals surface area contributed by atoms with Crippen molar-refractivity contribution in [3.8, 4) is 0 Å². The van der Waals surface area contributed by atoms with E-state index in [-0.39, 0.29) is 34.9 Å². The van der Waals surface area contributed by atoms with Crippen molar-refractivity contribution in [3.63, 3.8) is 0 Å². The van der Waals surface area contributed by atoms with Crippen LogP contribution in [0.15, 0.2) is 18.2 Å². The number of methoxy groups -OCH3 is 1. The van der Waals surface area contributed by atoms with Gasteiger partial charge in [-0.3, -0.25) is 14.5 Å². The predicted molar refractivity (Wildman–Crippen MR) is 100 cm³/mol. The fourth-order valence-electron chi connectivity index (χ4n) is 3.73. The highest BCUT2D eigenvalue weighted by atomic mass is 35.5. The molecule has 1 aromatic carbocycles. The molecule has 2 saturated heterocycles. The van der Waals surface area contributed by atoms with Gasteiger partial charge in [-0.05, 0) is 18.6 Å². The molecule has 1 unspecified atom stereocenters. The second-order valence-corrected chi connectivity index (χ2v) is 7.32. The lowest BCUT2D eigenvalue weighted by Gasteiger charge is -2.37. The molecule has 1 aromatic rings. The van der Waals surface area contributed by atoms with Crippen molar-refractivity contribution >= 4 is 23.4 Å². The SMILES string of the molecule is COCCN1CCC(N2CCN(C(=O)Cc3c(F)cccc3Cl)CC2)C1=O. The molecule has 1 atom stereocenters. The molecule has 0 radical (unpaired) electrons. The number of amides is 2. The Kier molecular flexibility index (Phi) is 6.68. The van der Waals surface area contributed by atoms with Crippen molar-refractivity contribution in [1.82, 2.24) is 14.7 Å². The molecule has 0 N–H and O–H groups in total. The van der Waals surface area contributed by atoms with Crippen molar-refractivity contribution in [2.24, 2.45) is 0 Å². The normalized spacial score (nSPS) is 21.1. The van der Waals surface area contributed by atoms with Gasteiger partial charge < -0.3 is 14.5 Å². The maximum Gasteiger partial charge on any atom is 0.240 e. The number of piperazine rings is 1. The summed E-state index contributed by atoms with van der Waals surface area (Å²) < 4.78 is 18.9. The third-order valence-electron chi connectivity index (χ3n) is 5.33. The van der Waals surface area contributed by atoms with Crippen LogP contribution in [0.4, 0.5) is 4.39 Å².